The molecule has 2 saturated heterocycles. The van der Waals surface area contributed by atoms with Gasteiger partial charge in [-0.15, -0.1) is 0 Å². The Hall–Kier alpha value is -1.79. The van der Waals surface area contributed by atoms with Gasteiger partial charge in [-0.3, -0.25) is 4.79 Å². The van der Waals surface area contributed by atoms with Gasteiger partial charge in [0.2, 0.25) is 5.91 Å². The number of carbonyl (C=O) groups is 1. The minimum Gasteiger partial charge on any atom is -0.394 e. The predicted molar refractivity (Wildman–Crippen MR) is 240 cm³/mol. The summed E-state index contributed by atoms with van der Waals surface area (Å²) in [4.78, 5) is 13.1. The van der Waals surface area contributed by atoms with E-state index in [0.29, 0.717) is 12.8 Å². The second-order valence-electron chi connectivity index (χ2n) is 17.2. The summed E-state index contributed by atoms with van der Waals surface area (Å²) >= 11 is 0. The number of nitrogens with one attached hydrogen (secondary N) is 1. The predicted octanol–water partition coefficient (Wildman–Crippen LogP) is 5.54. The number of unbranched alkanes of at least 4 members (excludes halogenated alkanes) is 19. The van der Waals surface area contributed by atoms with Gasteiger partial charge in [-0.25, -0.2) is 0 Å². The quantitative estimate of drug-likeness (QED) is 0.0279. The Kier molecular flexibility index (Phi) is 32.2. The van der Waals surface area contributed by atoms with Crippen molar-refractivity contribution in [3.05, 3.63) is 36.5 Å². The van der Waals surface area contributed by atoms with E-state index in [1.54, 1.807) is 6.08 Å². The average molecular weight is 886 g/mol. The van der Waals surface area contributed by atoms with Crippen LogP contribution in [0.3, 0.4) is 0 Å². The third-order valence-corrected chi connectivity index (χ3v) is 11.8. The highest BCUT2D eigenvalue weighted by molar-refractivity contribution is 5.76. The van der Waals surface area contributed by atoms with Gasteiger partial charge in [-0.1, -0.05) is 153 Å². The van der Waals surface area contributed by atoms with Crippen molar-refractivity contribution in [1.82, 2.24) is 5.32 Å². The van der Waals surface area contributed by atoms with Crippen molar-refractivity contribution in [2.24, 2.45) is 0 Å². The molecule has 0 bridgehead atoms. The summed E-state index contributed by atoms with van der Waals surface area (Å²) in [5.74, 6) is -0.258. The molecule has 12 unspecified atom stereocenters. The zero-order chi connectivity index (χ0) is 45.4. The number of amides is 1. The molecular formula is C48H87NO13. The number of ether oxygens (including phenoxy) is 4. The average Bonchev–Trinajstić information content (AvgIpc) is 3.27. The van der Waals surface area contributed by atoms with Crippen LogP contribution in [0.15, 0.2) is 36.5 Å². The van der Waals surface area contributed by atoms with E-state index in [9.17, 15) is 45.6 Å². The van der Waals surface area contributed by atoms with Crippen molar-refractivity contribution in [3.8, 4) is 0 Å². The topological polar surface area (TPSA) is 228 Å². The van der Waals surface area contributed by atoms with Gasteiger partial charge in [0.1, 0.15) is 48.8 Å². The van der Waals surface area contributed by atoms with E-state index in [4.69, 9.17) is 18.9 Å². The maximum absolute atomic E-state index is 13.1. The normalized spacial score (nSPS) is 28.0. The van der Waals surface area contributed by atoms with E-state index in [2.05, 4.69) is 43.5 Å². The third kappa shape index (κ3) is 22.9. The number of aliphatic hydroxyl groups excluding tert-OH is 8. The fourth-order valence-electron chi connectivity index (χ4n) is 7.79. The van der Waals surface area contributed by atoms with E-state index >= 15 is 0 Å². The molecule has 14 heteroatoms. The molecule has 2 fully saturated rings. The Bertz CT molecular complexity index is 1190. The molecular weight excluding hydrogens is 799 g/mol. The van der Waals surface area contributed by atoms with Gasteiger partial charge in [-0.2, -0.15) is 0 Å². The number of aliphatic hydroxyl groups is 8. The van der Waals surface area contributed by atoms with Crippen LogP contribution in [0.2, 0.25) is 0 Å². The molecule has 2 aliphatic heterocycles. The standard InChI is InChI=1S/C48H87NO13/c1-3-5-7-9-11-13-15-16-17-18-19-20-21-22-23-25-27-29-31-37(52)36(49-40(53)32-30-28-26-24-14-12-10-8-6-4-2)35-59-47-45(58)43(56)46(39(34-51)61-47)62-48-44(57)42(55)41(54)38(33-50)60-48/h18-19,22-23,29,31,36-39,41-48,50-52,54-58H,3-17,20-21,24-28,30,32-35H2,1-2H3,(H,49,53)/b19-18+,23-22+,31-29+. The van der Waals surface area contributed by atoms with Crippen LogP contribution in [-0.4, -0.2) is 140 Å². The van der Waals surface area contributed by atoms with Crippen LogP contribution in [0.5, 0.6) is 0 Å². The molecule has 14 nitrogen and oxygen atoms in total. The van der Waals surface area contributed by atoms with Crippen molar-refractivity contribution in [2.45, 2.75) is 242 Å². The first kappa shape index (κ1) is 56.3. The molecule has 0 spiro atoms. The van der Waals surface area contributed by atoms with Crippen LogP contribution in [0.4, 0.5) is 0 Å². The lowest BCUT2D eigenvalue weighted by Crippen LogP contribution is -2.65. The van der Waals surface area contributed by atoms with E-state index in [-0.39, 0.29) is 18.9 Å². The Labute approximate surface area is 372 Å². The molecule has 0 aliphatic carbocycles. The Morgan fingerprint density at radius 2 is 1.03 bits per heavy atom. The monoisotopic (exact) mass is 886 g/mol. The number of hydrogen-bond acceptors (Lipinski definition) is 13. The number of hydrogen-bond donors (Lipinski definition) is 9. The first-order valence-electron chi connectivity index (χ1n) is 24.2. The van der Waals surface area contributed by atoms with E-state index in [0.717, 1.165) is 44.9 Å². The Balaban J connectivity index is 1.89. The molecule has 0 aromatic rings. The lowest BCUT2D eigenvalue weighted by Gasteiger charge is -2.46. The van der Waals surface area contributed by atoms with Gasteiger partial charge < -0.3 is 65.1 Å². The van der Waals surface area contributed by atoms with Crippen LogP contribution < -0.4 is 5.32 Å². The van der Waals surface area contributed by atoms with Crippen molar-refractivity contribution in [3.63, 3.8) is 0 Å². The van der Waals surface area contributed by atoms with Crippen LogP contribution in [0.1, 0.15) is 168 Å². The number of allylic oxidation sites excluding steroid dienone is 5. The molecule has 0 aromatic heterocycles. The van der Waals surface area contributed by atoms with Crippen molar-refractivity contribution in [1.29, 1.82) is 0 Å². The molecule has 2 aliphatic rings. The highest BCUT2D eigenvalue weighted by atomic mass is 16.7. The molecule has 62 heavy (non-hydrogen) atoms. The van der Waals surface area contributed by atoms with Gasteiger partial charge in [0, 0.05) is 6.42 Å². The lowest BCUT2D eigenvalue weighted by molar-refractivity contribution is -0.359. The second-order valence-corrected chi connectivity index (χ2v) is 17.2. The Morgan fingerprint density at radius 3 is 1.58 bits per heavy atom. The van der Waals surface area contributed by atoms with Gasteiger partial charge >= 0.3 is 0 Å². The third-order valence-electron chi connectivity index (χ3n) is 11.8. The first-order valence-corrected chi connectivity index (χ1v) is 24.2. The molecule has 362 valence electrons. The zero-order valence-corrected chi connectivity index (χ0v) is 38.1. The van der Waals surface area contributed by atoms with Gasteiger partial charge in [0.05, 0.1) is 32.0 Å². The van der Waals surface area contributed by atoms with Gasteiger partial charge in [0.25, 0.3) is 0 Å². The summed E-state index contributed by atoms with van der Waals surface area (Å²) in [5, 5.41) is 86.5. The maximum Gasteiger partial charge on any atom is 0.220 e. The highest BCUT2D eigenvalue weighted by Crippen LogP contribution is 2.30. The molecule has 0 radical (unpaired) electrons. The van der Waals surface area contributed by atoms with Gasteiger partial charge in [-0.05, 0) is 44.9 Å². The summed E-state index contributed by atoms with van der Waals surface area (Å²) in [6, 6.07) is -0.932. The van der Waals surface area contributed by atoms with E-state index in [1.165, 1.54) is 89.9 Å². The van der Waals surface area contributed by atoms with Crippen molar-refractivity contribution < 1.29 is 64.6 Å². The second kappa shape index (κ2) is 35.5. The van der Waals surface area contributed by atoms with E-state index < -0.39 is 86.8 Å². The van der Waals surface area contributed by atoms with Crippen LogP contribution >= 0.6 is 0 Å². The largest absolute Gasteiger partial charge is 0.394 e. The molecule has 0 saturated carbocycles. The smallest absolute Gasteiger partial charge is 0.220 e. The number of rotatable bonds is 36. The summed E-state index contributed by atoms with van der Waals surface area (Å²) in [6.45, 7) is 2.72. The summed E-state index contributed by atoms with van der Waals surface area (Å²) in [7, 11) is 0. The molecule has 2 heterocycles. The van der Waals surface area contributed by atoms with Crippen LogP contribution in [-0.2, 0) is 23.7 Å². The summed E-state index contributed by atoms with van der Waals surface area (Å²) < 4.78 is 22.6. The molecule has 0 aromatic carbocycles. The highest BCUT2D eigenvalue weighted by Gasteiger charge is 2.51. The first-order chi connectivity index (χ1) is 30.1. The summed E-state index contributed by atoms with van der Waals surface area (Å²) in [6.07, 6.45) is 22.0. The fraction of sp³-hybridized carbons (Fsp3) is 0.854. The van der Waals surface area contributed by atoms with Crippen molar-refractivity contribution in [2.75, 3.05) is 19.8 Å². The molecule has 2 rings (SSSR count). The minimum absolute atomic E-state index is 0.258. The number of carbonyl (C=O) groups excluding carboxylic acids is 1. The van der Waals surface area contributed by atoms with E-state index in [1.807, 2.05) is 6.08 Å². The van der Waals surface area contributed by atoms with Crippen LogP contribution in [0, 0.1) is 0 Å². The lowest BCUT2D eigenvalue weighted by atomic mass is 9.97. The Morgan fingerprint density at radius 1 is 0.565 bits per heavy atom. The maximum atomic E-state index is 13.1. The van der Waals surface area contributed by atoms with Crippen molar-refractivity contribution >= 4 is 5.91 Å². The molecule has 1 amide bonds. The minimum atomic E-state index is -1.79. The van der Waals surface area contributed by atoms with Crippen LogP contribution in [0.25, 0.3) is 0 Å². The fourth-order valence-corrected chi connectivity index (χ4v) is 7.79. The molecule has 9 N–H and O–H groups in total. The SMILES string of the molecule is CCCCCCCCCC/C=C/CC/C=C/CC/C=C/C(O)C(COC1OC(CO)C(OC2OC(CO)C(O)C(O)C2O)C(O)C1O)NC(=O)CCCCCCCCCCCC. The van der Waals surface area contributed by atoms with Gasteiger partial charge in [0.15, 0.2) is 12.6 Å². The molecule has 12 atom stereocenters. The summed E-state index contributed by atoms with van der Waals surface area (Å²) in [5.41, 5.74) is 0. The zero-order valence-electron chi connectivity index (χ0n) is 38.1.